The molecule has 0 fully saturated rings. The van der Waals surface area contributed by atoms with Crippen LogP contribution in [0.1, 0.15) is 67.3 Å². The number of benzene rings is 1. The molecule has 0 N–H and O–H groups in total. The maximum absolute atomic E-state index is 12.4. The number of nitro groups is 1. The maximum Gasteiger partial charge on any atom is 0.342 e. The molecule has 0 spiro atoms. The van der Waals surface area contributed by atoms with Gasteiger partial charge in [-0.1, -0.05) is 74.5 Å². The summed E-state index contributed by atoms with van der Waals surface area (Å²) in [5.74, 6) is -0.296. The normalized spacial score (nSPS) is 10.7. The van der Waals surface area contributed by atoms with Crippen LogP contribution in [0.25, 0.3) is 0 Å². The molecule has 0 bridgehead atoms. The molecule has 0 atom stereocenters. The van der Waals surface area contributed by atoms with Crippen molar-refractivity contribution in [3.63, 3.8) is 0 Å². The molecular formula is C18H22N2O4. The van der Waals surface area contributed by atoms with Crippen molar-refractivity contribution in [2.45, 2.75) is 51.9 Å². The second kappa shape index (κ2) is 8.96. The molecule has 2 aromatic rings. The third kappa shape index (κ3) is 4.50. The second-order valence-corrected chi connectivity index (χ2v) is 5.77. The first-order valence-electron chi connectivity index (χ1n) is 8.37. The van der Waals surface area contributed by atoms with Gasteiger partial charge in [0.05, 0.1) is 4.92 Å². The lowest BCUT2D eigenvalue weighted by molar-refractivity contribution is -0.386. The summed E-state index contributed by atoms with van der Waals surface area (Å²) in [7, 11) is 0. The Kier molecular flexibility index (Phi) is 6.66. The van der Waals surface area contributed by atoms with Gasteiger partial charge >= 0.3 is 5.69 Å². The number of aryl methyl sites for hydroxylation is 1. The minimum absolute atomic E-state index is 0.190. The third-order valence-electron chi connectivity index (χ3n) is 3.93. The number of ketones is 1. The molecule has 0 aliphatic heterocycles. The number of hydrogen-bond donors (Lipinski definition) is 0. The average Bonchev–Trinajstić information content (AvgIpc) is 3.02. The Morgan fingerprint density at radius 1 is 1.12 bits per heavy atom. The SMILES string of the molecule is CCCCCCCCc1onc(C(=O)c2ccccc2)c1[N+](=O)[O-]. The highest BCUT2D eigenvalue weighted by atomic mass is 16.6. The van der Waals surface area contributed by atoms with Gasteiger partial charge in [-0.3, -0.25) is 14.9 Å². The summed E-state index contributed by atoms with van der Waals surface area (Å²) >= 11 is 0. The molecule has 0 aliphatic rings. The van der Waals surface area contributed by atoms with Crippen molar-refractivity contribution in [1.82, 2.24) is 5.16 Å². The van der Waals surface area contributed by atoms with Crippen LogP contribution < -0.4 is 0 Å². The van der Waals surface area contributed by atoms with Crippen molar-refractivity contribution in [1.29, 1.82) is 0 Å². The van der Waals surface area contributed by atoms with E-state index in [1.807, 2.05) is 0 Å². The second-order valence-electron chi connectivity index (χ2n) is 5.77. The molecule has 0 radical (unpaired) electrons. The van der Waals surface area contributed by atoms with Crippen molar-refractivity contribution in [3.8, 4) is 0 Å². The van der Waals surface area contributed by atoms with Crippen molar-refractivity contribution in [2.24, 2.45) is 0 Å². The number of carbonyl (C=O) groups excluding carboxylic acids is 1. The highest BCUT2D eigenvalue weighted by Gasteiger charge is 2.31. The molecule has 1 aromatic heterocycles. The third-order valence-corrected chi connectivity index (χ3v) is 3.93. The minimum Gasteiger partial charge on any atom is -0.353 e. The number of unbranched alkanes of at least 4 members (excludes halogenated alkanes) is 5. The van der Waals surface area contributed by atoms with E-state index in [2.05, 4.69) is 12.1 Å². The Labute approximate surface area is 141 Å². The van der Waals surface area contributed by atoms with Gasteiger partial charge in [-0.15, -0.1) is 0 Å². The van der Waals surface area contributed by atoms with Crippen molar-refractivity contribution < 1.29 is 14.2 Å². The van der Waals surface area contributed by atoms with E-state index in [1.54, 1.807) is 30.3 Å². The largest absolute Gasteiger partial charge is 0.353 e. The zero-order valence-corrected chi connectivity index (χ0v) is 13.9. The summed E-state index contributed by atoms with van der Waals surface area (Å²) in [4.78, 5) is 23.2. The average molecular weight is 330 g/mol. The van der Waals surface area contributed by atoms with Crippen LogP contribution >= 0.6 is 0 Å². The Morgan fingerprint density at radius 3 is 2.46 bits per heavy atom. The lowest BCUT2D eigenvalue weighted by atomic mass is 10.0. The Hall–Kier alpha value is -2.50. The molecule has 0 amide bonds. The quantitative estimate of drug-likeness (QED) is 0.272. The zero-order chi connectivity index (χ0) is 17.4. The molecule has 1 aromatic carbocycles. The van der Waals surface area contributed by atoms with Gasteiger partial charge in [0.1, 0.15) is 0 Å². The molecule has 6 heteroatoms. The first-order chi connectivity index (χ1) is 11.6. The van der Waals surface area contributed by atoms with Crippen LogP contribution in [0.15, 0.2) is 34.9 Å². The van der Waals surface area contributed by atoms with E-state index in [9.17, 15) is 14.9 Å². The molecule has 128 valence electrons. The first kappa shape index (κ1) is 17.8. The van der Waals surface area contributed by atoms with Crippen LogP contribution in [-0.4, -0.2) is 15.9 Å². The summed E-state index contributed by atoms with van der Waals surface area (Å²) in [6.07, 6.45) is 6.87. The summed E-state index contributed by atoms with van der Waals surface area (Å²) in [6, 6.07) is 8.40. The van der Waals surface area contributed by atoms with Gasteiger partial charge < -0.3 is 4.52 Å². The molecule has 1 heterocycles. The van der Waals surface area contributed by atoms with Gasteiger partial charge in [0.25, 0.3) is 0 Å². The van der Waals surface area contributed by atoms with Gasteiger partial charge in [0.2, 0.25) is 17.2 Å². The van der Waals surface area contributed by atoms with E-state index >= 15 is 0 Å². The van der Waals surface area contributed by atoms with Gasteiger partial charge in [-0.05, 0) is 6.42 Å². The topological polar surface area (TPSA) is 86.2 Å². The van der Waals surface area contributed by atoms with E-state index in [0.717, 1.165) is 19.3 Å². The fourth-order valence-corrected chi connectivity index (χ4v) is 2.61. The lowest BCUT2D eigenvalue weighted by Crippen LogP contribution is -2.05. The molecule has 6 nitrogen and oxygen atoms in total. The van der Waals surface area contributed by atoms with Crippen LogP contribution in [0.4, 0.5) is 5.69 Å². The van der Waals surface area contributed by atoms with Gasteiger partial charge in [-0.25, -0.2) is 0 Å². The van der Waals surface area contributed by atoms with Crippen molar-refractivity contribution in [2.75, 3.05) is 0 Å². The molecular weight excluding hydrogens is 308 g/mol. The Morgan fingerprint density at radius 2 is 1.79 bits per heavy atom. The number of nitrogens with zero attached hydrogens (tertiary/aromatic N) is 2. The standard InChI is InChI=1S/C18H22N2O4/c1-2-3-4-5-6-10-13-15-17(20(22)23)16(19-24-15)18(21)14-11-8-7-9-12-14/h7-9,11-12H,2-6,10,13H2,1H3. The molecule has 0 saturated carbocycles. The van der Waals surface area contributed by atoms with Crippen LogP contribution in [0.5, 0.6) is 0 Å². The van der Waals surface area contributed by atoms with Crippen molar-refractivity contribution >= 4 is 11.5 Å². The maximum atomic E-state index is 12.4. The van der Waals surface area contributed by atoms with Gasteiger partial charge in [0.15, 0.2) is 0 Å². The van der Waals surface area contributed by atoms with Crippen LogP contribution in [-0.2, 0) is 6.42 Å². The van der Waals surface area contributed by atoms with Crippen LogP contribution in [0.3, 0.4) is 0 Å². The van der Waals surface area contributed by atoms with E-state index in [4.69, 9.17) is 4.52 Å². The van der Waals surface area contributed by atoms with E-state index in [0.29, 0.717) is 12.0 Å². The highest BCUT2D eigenvalue weighted by molar-refractivity contribution is 6.10. The van der Waals surface area contributed by atoms with Crippen LogP contribution in [0.2, 0.25) is 0 Å². The summed E-state index contributed by atoms with van der Waals surface area (Å²) in [6.45, 7) is 2.16. The first-order valence-corrected chi connectivity index (χ1v) is 8.37. The Bertz CT molecular complexity index is 680. The monoisotopic (exact) mass is 330 g/mol. The minimum atomic E-state index is -0.570. The number of aromatic nitrogens is 1. The summed E-state index contributed by atoms with van der Waals surface area (Å²) < 4.78 is 5.11. The van der Waals surface area contributed by atoms with Crippen molar-refractivity contribution in [3.05, 3.63) is 57.5 Å². The smallest absolute Gasteiger partial charge is 0.342 e. The van der Waals surface area contributed by atoms with Gasteiger partial charge in [0, 0.05) is 12.0 Å². The molecule has 24 heavy (non-hydrogen) atoms. The predicted octanol–water partition coefficient (Wildman–Crippen LogP) is 4.72. The van der Waals surface area contributed by atoms with E-state index in [1.165, 1.54) is 19.3 Å². The van der Waals surface area contributed by atoms with E-state index < -0.39 is 10.7 Å². The molecule has 2 rings (SSSR count). The highest BCUT2D eigenvalue weighted by Crippen LogP contribution is 2.27. The molecule has 0 saturated heterocycles. The lowest BCUT2D eigenvalue weighted by Gasteiger charge is -1.99. The van der Waals surface area contributed by atoms with Crippen LogP contribution in [0, 0.1) is 10.1 Å². The summed E-state index contributed by atoms with van der Waals surface area (Å²) in [5.41, 5.74) is -0.149. The predicted molar refractivity (Wildman–Crippen MR) is 90.1 cm³/mol. The van der Waals surface area contributed by atoms with E-state index in [-0.39, 0.29) is 17.1 Å². The Balaban J connectivity index is 2.07. The fourth-order valence-electron chi connectivity index (χ4n) is 2.61. The molecule has 0 aliphatic carbocycles. The number of hydrogen-bond acceptors (Lipinski definition) is 5. The fraction of sp³-hybridized carbons (Fsp3) is 0.444. The zero-order valence-electron chi connectivity index (χ0n) is 13.9. The number of carbonyl (C=O) groups is 1. The summed E-state index contributed by atoms with van der Waals surface area (Å²) in [5, 5.41) is 15.0. The number of rotatable bonds is 10. The van der Waals surface area contributed by atoms with Gasteiger partial charge in [-0.2, -0.15) is 0 Å². The molecule has 0 unspecified atom stereocenters.